The molecule has 0 aliphatic heterocycles. The van der Waals surface area contributed by atoms with Crippen LogP contribution in [0.1, 0.15) is 37.2 Å². The largest absolute Gasteiger partial charge is 0.350 e. The molecule has 1 aromatic rings. The zero-order valence-electron chi connectivity index (χ0n) is 10.0. The number of nitrogens with one attached hydrogen (secondary N) is 1. The van der Waals surface area contributed by atoms with Gasteiger partial charge in [0.15, 0.2) is 0 Å². The van der Waals surface area contributed by atoms with Gasteiger partial charge in [-0.25, -0.2) is 4.98 Å². The summed E-state index contributed by atoms with van der Waals surface area (Å²) in [6.45, 7) is 5.09. The molecule has 1 amide bonds. The number of hydrogen-bond donors (Lipinski definition) is 1. The highest BCUT2D eigenvalue weighted by Crippen LogP contribution is 2.51. The number of aromatic nitrogens is 2. The summed E-state index contributed by atoms with van der Waals surface area (Å²) in [4.78, 5) is 19.6. The molecule has 1 heterocycles. The normalized spacial score (nSPS) is 16.9. The van der Waals surface area contributed by atoms with Gasteiger partial charge in [-0.15, -0.1) is 0 Å². The molecule has 4 nitrogen and oxygen atoms in total. The Balaban J connectivity index is 1.94. The van der Waals surface area contributed by atoms with Crippen LogP contribution in [0.2, 0.25) is 5.15 Å². The Hall–Kier alpha value is -1.16. The van der Waals surface area contributed by atoms with Crippen LogP contribution in [0.4, 0.5) is 0 Å². The van der Waals surface area contributed by atoms with Crippen LogP contribution in [0.25, 0.3) is 0 Å². The van der Waals surface area contributed by atoms with E-state index < -0.39 is 0 Å². The summed E-state index contributed by atoms with van der Waals surface area (Å²) in [7, 11) is 0. The SMILES string of the molecule is CC(C)C1(CNC(=O)c2cncc(Cl)n2)CC1. The number of hydrogen-bond acceptors (Lipinski definition) is 3. The fraction of sp³-hybridized carbons (Fsp3) is 0.583. The van der Waals surface area contributed by atoms with Gasteiger partial charge in [0, 0.05) is 6.54 Å². The van der Waals surface area contributed by atoms with Crippen molar-refractivity contribution in [3.05, 3.63) is 23.2 Å². The Labute approximate surface area is 106 Å². The molecule has 2 rings (SSSR count). The van der Waals surface area contributed by atoms with Gasteiger partial charge in [-0.05, 0) is 24.2 Å². The van der Waals surface area contributed by atoms with Gasteiger partial charge in [-0.3, -0.25) is 9.78 Å². The summed E-state index contributed by atoms with van der Waals surface area (Å²) in [6.07, 6.45) is 5.21. The lowest BCUT2D eigenvalue weighted by Crippen LogP contribution is -2.33. The lowest BCUT2D eigenvalue weighted by Gasteiger charge is -2.19. The van der Waals surface area contributed by atoms with Crippen molar-refractivity contribution >= 4 is 17.5 Å². The van der Waals surface area contributed by atoms with Gasteiger partial charge in [0.1, 0.15) is 10.8 Å². The number of nitrogens with zero attached hydrogens (tertiary/aromatic N) is 2. The van der Waals surface area contributed by atoms with Gasteiger partial charge in [-0.1, -0.05) is 25.4 Å². The number of carbonyl (C=O) groups is 1. The Morgan fingerprint density at radius 1 is 1.53 bits per heavy atom. The second-order valence-electron chi connectivity index (χ2n) is 4.93. The van der Waals surface area contributed by atoms with Gasteiger partial charge in [0.05, 0.1) is 12.4 Å². The lowest BCUT2D eigenvalue weighted by atomic mass is 9.92. The highest BCUT2D eigenvalue weighted by Gasteiger charge is 2.45. The van der Waals surface area contributed by atoms with Gasteiger partial charge in [0.2, 0.25) is 0 Å². The number of halogens is 1. The summed E-state index contributed by atoms with van der Waals surface area (Å²) < 4.78 is 0. The molecule has 1 fully saturated rings. The van der Waals surface area contributed by atoms with Gasteiger partial charge >= 0.3 is 0 Å². The maximum absolute atomic E-state index is 11.8. The highest BCUT2D eigenvalue weighted by molar-refractivity contribution is 6.29. The van der Waals surface area contributed by atoms with Crippen LogP contribution in [0.5, 0.6) is 0 Å². The quantitative estimate of drug-likeness (QED) is 0.896. The first-order valence-corrected chi connectivity index (χ1v) is 6.17. The molecule has 0 radical (unpaired) electrons. The monoisotopic (exact) mass is 253 g/mol. The van der Waals surface area contributed by atoms with Gasteiger partial charge in [-0.2, -0.15) is 0 Å². The van der Waals surface area contributed by atoms with Gasteiger partial charge < -0.3 is 5.32 Å². The first-order chi connectivity index (χ1) is 8.03. The Kier molecular flexibility index (Phi) is 3.33. The van der Waals surface area contributed by atoms with Crippen LogP contribution in [0.15, 0.2) is 12.4 Å². The van der Waals surface area contributed by atoms with Crippen LogP contribution < -0.4 is 5.32 Å². The molecule has 0 saturated heterocycles. The molecule has 1 aliphatic rings. The van der Waals surface area contributed by atoms with E-state index in [0.717, 1.165) is 0 Å². The average Bonchev–Trinajstić information content (AvgIpc) is 3.07. The summed E-state index contributed by atoms with van der Waals surface area (Å²) >= 11 is 5.69. The smallest absolute Gasteiger partial charge is 0.271 e. The fourth-order valence-electron chi connectivity index (χ4n) is 1.92. The topological polar surface area (TPSA) is 54.9 Å². The molecular weight excluding hydrogens is 238 g/mol. The van der Waals surface area contributed by atoms with Crippen LogP contribution >= 0.6 is 11.6 Å². The van der Waals surface area contributed by atoms with E-state index >= 15 is 0 Å². The number of carbonyl (C=O) groups excluding carboxylic acids is 1. The van der Waals surface area contributed by atoms with Crippen molar-refractivity contribution in [2.75, 3.05) is 6.54 Å². The third kappa shape index (κ3) is 2.75. The minimum absolute atomic E-state index is 0.202. The fourth-order valence-corrected chi connectivity index (χ4v) is 2.06. The summed E-state index contributed by atoms with van der Waals surface area (Å²) in [6, 6.07) is 0. The second-order valence-corrected chi connectivity index (χ2v) is 5.31. The van der Waals surface area contributed by atoms with Crippen molar-refractivity contribution in [1.29, 1.82) is 0 Å². The molecule has 0 bridgehead atoms. The van der Waals surface area contributed by atoms with Gasteiger partial charge in [0.25, 0.3) is 5.91 Å². The zero-order chi connectivity index (χ0) is 12.5. The van der Waals surface area contributed by atoms with E-state index in [2.05, 4.69) is 29.1 Å². The Morgan fingerprint density at radius 3 is 2.76 bits per heavy atom. The van der Waals surface area contributed by atoms with E-state index in [4.69, 9.17) is 11.6 Å². The lowest BCUT2D eigenvalue weighted by molar-refractivity contribution is 0.0934. The predicted octanol–water partition coefficient (Wildman–Crippen LogP) is 2.30. The third-order valence-corrected chi connectivity index (χ3v) is 3.74. The van der Waals surface area contributed by atoms with E-state index in [1.165, 1.54) is 25.2 Å². The average molecular weight is 254 g/mol. The summed E-state index contributed by atoms with van der Waals surface area (Å²) in [5.41, 5.74) is 0.568. The molecular formula is C12H16ClN3O. The molecule has 0 spiro atoms. The molecule has 92 valence electrons. The van der Waals surface area contributed by atoms with E-state index in [1.54, 1.807) is 0 Å². The number of amides is 1. The Morgan fingerprint density at radius 2 is 2.24 bits per heavy atom. The maximum Gasteiger partial charge on any atom is 0.271 e. The molecule has 1 aromatic heterocycles. The second kappa shape index (κ2) is 4.61. The van der Waals surface area contributed by atoms with Crippen molar-refractivity contribution in [3.8, 4) is 0 Å². The van der Waals surface area contributed by atoms with Crippen LogP contribution in [-0.4, -0.2) is 22.4 Å². The van der Waals surface area contributed by atoms with E-state index in [9.17, 15) is 4.79 Å². The number of rotatable bonds is 4. The zero-order valence-corrected chi connectivity index (χ0v) is 10.8. The van der Waals surface area contributed by atoms with Crippen molar-refractivity contribution in [2.24, 2.45) is 11.3 Å². The van der Waals surface area contributed by atoms with Crippen LogP contribution in [0, 0.1) is 11.3 Å². The van der Waals surface area contributed by atoms with Crippen molar-refractivity contribution in [1.82, 2.24) is 15.3 Å². The van der Waals surface area contributed by atoms with Crippen molar-refractivity contribution in [3.63, 3.8) is 0 Å². The molecule has 1 saturated carbocycles. The van der Waals surface area contributed by atoms with E-state index in [-0.39, 0.29) is 16.8 Å². The highest BCUT2D eigenvalue weighted by atomic mass is 35.5. The van der Waals surface area contributed by atoms with E-state index in [1.807, 2.05) is 0 Å². The molecule has 1 N–H and O–H groups in total. The van der Waals surface area contributed by atoms with Crippen LogP contribution in [0.3, 0.4) is 0 Å². The molecule has 0 unspecified atom stereocenters. The minimum Gasteiger partial charge on any atom is -0.350 e. The minimum atomic E-state index is -0.202. The Bertz CT molecular complexity index is 430. The molecule has 0 atom stereocenters. The summed E-state index contributed by atoms with van der Waals surface area (Å²) in [5, 5.41) is 3.15. The molecule has 5 heteroatoms. The van der Waals surface area contributed by atoms with E-state index in [0.29, 0.717) is 17.9 Å². The first kappa shape index (κ1) is 12.3. The molecule has 17 heavy (non-hydrogen) atoms. The standard InChI is InChI=1S/C12H16ClN3O/c1-8(2)12(3-4-12)7-15-11(17)9-5-14-6-10(13)16-9/h5-6,8H,3-4,7H2,1-2H3,(H,15,17). The molecule has 0 aromatic carbocycles. The third-order valence-electron chi connectivity index (χ3n) is 3.56. The van der Waals surface area contributed by atoms with Crippen LogP contribution in [-0.2, 0) is 0 Å². The molecule has 1 aliphatic carbocycles. The maximum atomic E-state index is 11.8. The first-order valence-electron chi connectivity index (χ1n) is 5.79. The summed E-state index contributed by atoms with van der Waals surface area (Å²) in [5.74, 6) is 0.389. The van der Waals surface area contributed by atoms with Crippen molar-refractivity contribution < 1.29 is 4.79 Å². The van der Waals surface area contributed by atoms with Crippen molar-refractivity contribution in [2.45, 2.75) is 26.7 Å². The predicted molar refractivity (Wildman–Crippen MR) is 65.9 cm³/mol.